The van der Waals surface area contributed by atoms with Gasteiger partial charge in [0, 0.05) is 12.0 Å². The minimum absolute atomic E-state index is 0.212. The van der Waals surface area contributed by atoms with Gasteiger partial charge in [0.1, 0.15) is 5.75 Å². The van der Waals surface area contributed by atoms with Crippen molar-refractivity contribution in [2.45, 2.75) is 38.2 Å². The van der Waals surface area contributed by atoms with E-state index in [-0.39, 0.29) is 6.10 Å². The van der Waals surface area contributed by atoms with Crippen molar-refractivity contribution in [1.82, 2.24) is 5.32 Å². The third-order valence-corrected chi connectivity index (χ3v) is 3.90. The van der Waals surface area contributed by atoms with E-state index < -0.39 is 0 Å². The summed E-state index contributed by atoms with van der Waals surface area (Å²) in [6.45, 7) is 5.15. The van der Waals surface area contributed by atoms with Crippen molar-refractivity contribution >= 4 is 15.9 Å². The molecule has 0 aromatic heterocycles. The molecular weight excluding hydrogens is 278 g/mol. The second-order valence-corrected chi connectivity index (χ2v) is 5.98. The number of nitrogens with one attached hydrogen (secondary N) is 1. The zero-order valence-corrected chi connectivity index (χ0v) is 12.3. The van der Waals surface area contributed by atoms with Gasteiger partial charge in [-0.3, -0.25) is 0 Å². The molecule has 1 aliphatic rings. The summed E-state index contributed by atoms with van der Waals surface area (Å²) in [5.74, 6) is 0.934. The molecule has 17 heavy (non-hydrogen) atoms. The third kappa shape index (κ3) is 2.83. The molecule has 0 aliphatic heterocycles. The first kappa shape index (κ1) is 12.9. The SMILES string of the molecule is CNCC1(c2ccc(OC(C)C)c(Br)c2)CC1. The van der Waals surface area contributed by atoms with Crippen LogP contribution in [0.1, 0.15) is 32.3 Å². The molecule has 94 valence electrons. The molecule has 1 N–H and O–H groups in total. The maximum Gasteiger partial charge on any atom is 0.133 e. The first-order chi connectivity index (χ1) is 8.07. The van der Waals surface area contributed by atoms with Gasteiger partial charge in [-0.1, -0.05) is 6.07 Å². The predicted molar refractivity (Wildman–Crippen MR) is 74.7 cm³/mol. The van der Waals surface area contributed by atoms with Crippen LogP contribution < -0.4 is 10.1 Å². The largest absolute Gasteiger partial charge is 0.490 e. The molecule has 0 heterocycles. The maximum atomic E-state index is 5.73. The molecule has 1 aromatic rings. The Morgan fingerprint density at radius 2 is 2.12 bits per heavy atom. The fraction of sp³-hybridized carbons (Fsp3) is 0.571. The van der Waals surface area contributed by atoms with Crippen LogP contribution in [0, 0.1) is 0 Å². The lowest BCUT2D eigenvalue weighted by molar-refractivity contribution is 0.240. The molecule has 0 amide bonds. The average Bonchev–Trinajstić information content (AvgIpc) is 3.02. The Bertz CT molecular complexity index is 399. The first-order valence-corrected chi connectivity index (χ1v) is 6.98. The summed E-state index contributed by atoms with van der Waals surface area (Å²) in [5.41, 5.74) is 1.78. The highest BCUT2D eigenvalue weighted by molar-refractivity contribution is 9.10. The van der Waals surface area contributed by atoms with Gasteiger partial charge >= 0.3 is 0 Å². The number of rotatable bonds is 5. The molecule has 3 heteroatoms. The Morgan fingerprint density at radius 3 is 2.59 bits per heavy atom. The normalized spacial score (nSPS) is 17.2. The zero-order chi connectivity index (χ0) is 12.5. The van der Waals surface area contributed by atoms with Crippen LogP contribution in [-0.4, -0.2) is 19.7 Å². The third-order valence-electron chi connectivity index (χ3n) is 3.28. The van der Waals surface area contributed by atoms with Gasteiger partial charge in [-0.15, -0.1) is 0 Å². The summed E-state index contributed by atoms with van der Waals surface area (Å²) < 4.78 is 6.79. The first-order valence-electron chi connectivity index (χ1n) is 6.19. The fourth-order valence-electron chi connectivity index (χ4n) is 2.24. The maximum absolute atomic E-state index is 5.73. The van der Waals surface area contributed by atoms with Gasteiger partial charge in [0.25, 0.3) is 0 Å². The van der Waals surface area contributed by atoms with Crippen molar-refractivity contribution in [2.75, 3.05) is 13.6 Å². The van der Waals surface area contributed by atoms with Crippen LogP contribution in [0.3, 0.4) is 0 Å². The number of hydrogen-bond donors (Lipinski definition) is 1. The lowest BCUT2D eigenvalue weighted by atomic mass is 9.96. The molecule has 1 aliphatic carbocycles. The van der Waals surface area contributed by atoms with E-state index in [0.29, 0.717) is 5.41 Å². The Hall–Kier alpha value is -0.540. The lowest BCUT2D eigenvalue weighted by Crippen LogP contribution is -2.23. The van der Waals surface area contributed by atoms with Crippen molar-refractivity contribution in [2.24, 2.45) is 0 Å². The van der Waals surface area contributed by atoms with Crippen LogP contribution in [0.25, 0.3) is 0 Å². The molecular formula is C14H20BrNO. The van der Waals surface area contributed by atoms with E-state index in [0.717, 1.165) is 16.8 Å². The molecule has 2 rings (SSSR count). The molecule has 0 bridgehead atoms. The van der Waals surface area contributed by atoms with E-state index in [1.54, 1.807) is 0 Å². The van der Waals surface area contributed by atoms with E-state index in [1.807, 2.05) is 20.9 Å². The van der Waals surface area contributed by atoms with Gasteiger partial charge in [0.05, 0.1) is 10.6 Å². The molecule has 0 saturated heterocycles. The molecule has 2 nitrogen and oxygen atoms in total. The van der Waals surface area contributed by atoms with Gasteiger partial charge in [-0.25, -0.2) is 0 Å². The van der Waals surface area contributed by atoms with E-state index >= 15 is 0 Å². The summed E-state index contributed by atoms with van der Waals surface area (Å²) in [4.78, 5) is 0. The van der Waals surface area contributed by atoms with Gasteiger partial charge in [-0.2, -0.15) is 0 Å². The molecule has 1 saturated carbocycles. The van der Waals surface area contributed by atoms with Crippen molar-refractivity contribution < 1.29 is 4.74 Å². The van der Waals surface area contributed by atoms with Crippen LogP contribution in [0.5, 0.6) is 5.75 Å². The number of halogens is 1. The smallest absolute Gasteiger partial charge is 0.133 e. The summed E-state index contributed by atoms with van der Waals surface area (Å²) in [7, 11) is 2.02. The Morgan fingerprint density at radius 1 is 1.41 bits per heavy atom. The van der Waals surface area contributed by atoms with Crippen LogP contribution in [-0.2, 0) is 5.41 Å². The monoisotopic (exact) mass is 297 g/mol. The zero-order valence-electron chi connectivity index (χ0n) is 10.7. The van der Waals surface area contributed by atoms with E-state index in [4.69, 9.17) is 4.74 Å². The fourth-order valence-corrected chi connectivity index (χ4v) is 2.71. The van der Waals surface area contributed by atoms with Crippen LogP contribution in [0.15, 0.2) is 22.7 Å². The summed E-state index contributed by atoms with van der Waals surface area (Å²) >= 11 is 3.60. The van der Waals surface area contributed by atoms with Crippen molar-refractivity contribution in [3.8, 4) is 5.75 Å². The van der Waals surface area contributed by atoms with Crippen LogP contribution in [0.4, 0.5) is 0 Å². The number of likely N-dealkylation sites (N-methyl/N-ethyl adjacent to an activating group) is 1. The van der Waals surface area contributed by atoms with Gasteiger partial charge in [-0.05, 0) is 67.4 Å². The summed E-state index contributed by atoms with van der Waals surface area (Å²) in [6.07, 6.45) is 2.78. The standard InChI is InChI=1S/C14H20BrNO/c1-10(2)17-13-5-4-11(8-12(13)15)14(6-7-14)9-16-3/h4-5,8,10,16H,6-7,9H2,1-3H3. The second kappa shape index (κ2) is 4.99. The molecule has 0 unspecified atom stereocenters. The number of hydrogen-bond acceptors (Lipinski definition) is 2. The molecule has 1 fully saturated rings. The highest BCUT2D eigenvalue weighted by Gasteiger charge is 2.43. The van der Waals surface area contributed by atoms with Gasteiger partial charge in [0.15, 0.2) is 0 Å². The van der Waals surface area contributed by atoms with Crippen molar-refractivity contribution in [3.05, 3.63) is 28.2 Å². The predicted octanol–water partition coefficient (Wildman–Crippen LogP) is 3.49. The van der Waals surface area contributed by atoms with Gasteiger partial charge in [0.2, 0.25) is 0 Å². The van der Waals surface area contributed by atoms with E-state index in [9.17, 15) is 0 Å². The van der Waals surface area contributed by atoms with Crippen molar-refractivity contribution in [3.63, 3.8) is 0 Å². The minimum Gasteiger partial charge on any atom is -0.490 e. The second-order valence-electron chi connectivity index (χ2n) is 5.12. The number of ether oxygens (including phenoxy) is 1. The molecule has 0 radical (unpaired) electrons. The van der Waals surface area contributed by atoms with Gasteiger partial charge < -0.3 is 10.1 Å². The quantitative estimate of drug-likeness (QED) is 0.898. The van der Waals surface area contributed by atoms with Crippen LogP contribution >= 0.6 is 15.9 Å². The van der Waals surface area contributed by atoms with Crippen molar-refractivity contribution in [1.29, 1.82) is 0 Å². The topological polar surface area (TPSA) is 21.3 Å². The summed E-state index contributed by atoms with van der Waals surface area (Å²) in [5, 5.41) is 3.29. The van der Waals surface area contributed by atoms with E-state index in [2.05, 4.69) is 39.4 Å². The molecule has 0 spiro atoms. The Balaban J connectivity index is 2.19. The highest BCUT2D eigenvalue weighted by atomic mass is 79.9. The molecule has 1 aromatic carbocycles. The average molecular weight is 298 g/mol. The highest BCUT2D eigenvalue weighted by Crippen LogP contribution is 2.48. The number of benzene rings is 1. The molecule has 0 atom stereocenters. The Kier molecular flexibility index (Phi) is 3.79. The lowest BCUT2D eigenvalue weighted by Gasteiger charge is -2.18. The van der Waals surface area contributed by atoms with Crippen LogP contribution in [0.2, 0.25) is 0 Å². The minimum atomic E-state index is 0.212. The van der Waals surface area contributed by atoms with E-state index in [1.165, 1.54) is 18.4 Å². The Labute approximate surface area is 112 Å². The summed E-state index contributed by atoms with van der Waals surface area (Å²) in [6, 6.07) is 6.49.